The van der Waals surface area contributed by atoms with Crippen LogP contribution in [0.1, 0.15) is 48.9 Å². The molecule has 0 spiro atoms. The van der Waals surface area contributed by atoms with Crippen molar-refractivity contribution in [2.45, 2.75) is 38.8 Å². The highest BCUT2D eigenvalue weighted by molar-refractivity contribution is 6.30. The SMILES string of the molecule is CC(C)n1ncc2c1NC(=O)C[C@H]2c1cc(Cl)cc2c1OCOC2. The Balaban J connectivity index is 1.87. The molecule has 0 fully saturated rings. The van der Waals surface area contributed by atoms with Crippen molar-refractivity contribution in [3.05, 3.63) is 40.0 Å². The third-order valence-corrected chi connectivity index (χ3v) is 4.63. The minimum atomic E-state index is -0.133. The summed E-state index contributed by atoms with van der Waals surface area (Å²) < 4.78 is 12.9. The standard InChI is InChI=1S/C17H18ClN3O3/c1-9(2)21-17-14(6-19-21)12(5-15(22)20-17)13-4-11(18)3-10-7-23-8-24-16(10)13/h3-4,6,9,12H,5,7-8H2,1-2H3,(H,20,22)/t12-/m0/s1. The predicted octanol–water partition coefficient (Wildman–Crippen LogP) is 3.46. The maximum Gasteiger partial charge on any atom is 0.226 e. The van der Waals surface area contributed by atoms with Gasteiger partial charge in [-0.1, -0.05) is 11.6 Å². The fourth-order valence-corrected chi connectivity index (χ4v) is 3.62. The second-order valence-electron chi connectivity index (χ2n) is 6.39. The molecule has 0 bridgehead atoms. The lowest BCUT2D eigenvalue weighted by Gasteiger charge is -2.28. The second-order valence-corrected chi connectivity index (χ2v) is 6.82. The molecule has 1 atom stereocenters. The van der Waals surface area contributed by atoms with Crippen LogP contribution in [0.2, 0.25) is 5.02 Å². The topological polar surface area (TPSA) is 65.4 Å². The van der Waals surface area contributed by atoms with Crippen LogP contribution in [0.15, 0.2) is 18.3 Å². The van der Waals surface area contributed by atoms with Gasteiger partial charge in [0.2, 0.25) is 5.91 Å². The molecule has 1 amide bonds. The zero-order chi connectivity index (χ0) is 16.8. The average molecular weight is 348 g/mol. The Morgan fingerprint density at radius 2 is 2.21 bits per heavy atom. The van der Waals surface area contributed by atoms with Crippen molar-refractivity contribution in [3.63, 3.8) is 0 Å². The first kappa shape index (κ1) is 15.5. The summed E-state index contributed by atoms with van der Waals surface area (Å²) >= 11 is 6.29. The molecular formula is C17H18ClN3O3. The lowest BCUT2D eigenvalue weighted by atomic mass is 9.85. The van der Waals surface area contributed by atoms with Gasteiger partial charge in [0.1, 0.15) is 11.6 Å². The Hall–Kier alpha value is -2.05. The number of nitrogens with zero attached hydrogens (tertiary/aromatic N) is 2. The van der Waals surface area contributed by atoms with E-state index < -0.39 is 0 Å². The van der Waals surface area contributed by atoms with Crippen molar-refractivity contribution in [3.8, 4) is 5.75 Å². The van der Waals surface area contributed by atoms with Crippen molar-refractivity contribution < 1.29 is 14.3 Å². The highest BCUT2D eigenvalue weighted by atomic mass is 35.5. The van der Waals surface area contributed by atoms with Crippen molar-refractivity contribution >= 4 is 23.3 Å². The van der Waals surface area contributed by atoms with Crippen LogP contribution in [-0.4, -0.2) is 22.5 Å². The average Bonchev–Trinajstić information content (AvgIpc) is 2.97. The van der Waals surface area contributed by atoms with Crippen LogP contribution in [0.25, 0.3) is 0 Å². The molecule has 1 N–H and O–H groups in total. The highest BCUT2D eigenvalue weighted by Crippen LogP contribution is 2.44. The number of halogens is 1. The fraction of sp³-hybridized carbons (Fsp3) is 0.412. The van der Waals surface area contributed by atoms with Gasteiger partial charge in [-0.25, -0.2) is 4.68 Å². The molecule has 2 aromatic rings. The molecule has 6 nitrogen and oxygen atoms in total. The molecule has 0 saturated heterocycles. The predicted molar refractivity (Wildman–Crippen MR) is 89.4 cm³/mol. The number of anilines is 1. The number of hydrogen-bond donors (Lipinski definition) is 1. The van der Waals surface area contributed by atoms with Gasteiger partial charge in [0.05, 0.1) is 12.8 Å². The van der Waals surface area contributed by atoms with E-state index in [0.717, 1.165) is 28.3 Å². The lowest BCUT2D eigenvalue weighted by Crippen LogP contribution is -2.26. The smallest absolute Gasteiger partial charge is 0.226 e. The Labute approximate surface area is 144 Å². The second kappa shape index (κ2) is 5.79. The molecule has 2 aliphatic heterocycles. The van der Waals surface area contributed by atoms with E-state index in [-0.39, 0.29) is 24.7 Å². The van der Waals surface area contributed by atoms with Gasteiger partial charge < -0.3 is 14.8 Å². The molecular weight excluding hydrogens is 330 g/mol. The summed E-state index contributed by atoms with van der Waals surface area (Å²) in [6.45, 7) is 4.73. The number of rotatable bonds is 2. The number of fused-ring (bicyclic) bond motifs is 2. The van der Waals surface area contributed by atoms with E-state index in [0.29, 0.717) is 18.1 Å². The van der Waals surface area contributed by atoms with Crippen LogP contribution in [0.3, 0.4) is 0 Å². The van der Waals surface area contributed by atoms with Gasteiger partial charge in [-0.05, 0) is 26.0 Å². The Morgan fingerprint density at radius 1 is 1.38 bits per heavy atom. The molecule has 0 unspecified atom stereocenters. The van der Waals surface area contributed by atoms with E-state index in [1.807, 2.05) is 36.9 Å². The first-order chi connectivity index (χ1) is 11.5. The van der Waals surface area contributed by atoms with Crippen molar-refractivity contribution in [2.24, 2.45) is 0 Å². The Morgan fingerprint density at radius 3 is 3.00 bits per heavy atom. The zero-order valence-corrected chi connectivity index (χ0v) is 14.3. The van der Waals surface area contributed by atoms with E-state index in [2.05, 4.69) is 10.4 Å². The third kappa shape index (κ3) is 2.46. The van der Waals surface area contributed by atoms with Gasteiger partial charge in [-0.15, -0.1) is 0 Å². The Bertz CT molecular complexity index is 816. The Kier molecular flexibility index (Phi) is 3.73. The molecule has 24 heavy (non-hydrogen) atoms. The third-order valence-electron chi connectivity index (χ3n) is 4.41. The van der Waals surface area contributed by atoms with E-state index in [9.17, 15) is 4.79 Å². The summed E-state index contributed by atoms with van der Waals surface area (Å²) in [5.41, 5.74) is 2.82. The van der Waals surface area contributed by atoms with Gasteiger partial charge in [0, 0.05) is 40.1 Å². The number of aromatic nitrogens is 2. The summed E-state index contributed by atoms with van der Waals surface area (Å²) in [4.78, 5) is 12.3. The largest absolute Gasteiger partial charge is 0.467 e. The minimum Gasteiger partial charge on any atom is -0.467 e. The first-order valence-electron chi connectivity index (χ1n) is 7.94. The number of benzene rings is 1. The molecule has 0 saturated carbocycles. The summed E-state index contributed by atoms with van der Waals surface area (Å²) in [5, 5.41) is 8.01. The molecule has 4 rings (SSSR count). The van der Waals surface area contributed by atoms with Crippen molar-refractivity contribution in [1.82, 2.24) is 9.78 Å². The molecule has 2 aliphatic rings. The molecule has 126 valence electrons. The molecule has 3 heterocycles. The lowest BCUT2D eigenvalue weighted by molar-refractivity contribution is -0.116. The van der Waals surface area contributed by atoms with Gasteiger partial charge in [0.25, 0.3) is 0 Å². The number of amides is 1. The zero-order valence-electron chi connectivity index (χ0n) is 13.5. The molecule has 1 aromatic heterocycles. The van der Waals surface area contributed by atoms with Crippen LogP contribution >= 0.6 is 11.6 Å². The molecule has 1 aromatic carbocycles. The summed E-state index contributed by atoms with van der Waals surface area (Å²) in [5.74, 6) is 1.36. The van der Waals surface area contributed by atoms with Crippen molar-refractivity contribution in [1.29, 1.82) is 0 Å². The van der Waals surface area contributed by atoms with Crippen LogP contribution in [0.4, 0.5) is 5.82 Å². The molecule has 7 heteroatoms. The van der Waals surface area contributed by atoms with Gasteiger partial charge in [-0.3, -0.25) is 4.79 Å². The van der Waals surface area contributed by atoms with E-state index in [1.54, 1.807) is 0 Å². The maximum absolute atomic E-state index is 12.3. The fourth-order valence-electron chi connectivity index (χ4n) is 3.37. The number of hydrogen-bond acceptors (Lipinski definition) is 4. The van der Waals surface area contributed by atoms with Crippen LogP contribution in [0, 0.1) is 0 Å². The van der Waals surface area contributed by atoms with Gasteiger partial charge in [-0.2, -0.15) is 5.10 Å². The van der Waals surface area contributed by atoms with Crippen LogP contribution in [0.5, 0.6) is 5.75 Å². The van der Waals surface area contributed by atoms with Gasteiger partial charge in [0.15, 0.2) is 6.79 Å². The van der Waals surface area contributed by atoms with E-state index in [4.69, 9.17) is 21.1 Å². The minimum absolute atomic E-state index is 0.0318. The van der Waals surface area contributed by atoms with E-state index >= 15 is 0 Å². The monoisotopic (exact) mass is 347 g/mol. The number of carbonyl (C=O) groups excluding carboxylic acids is 1. The number of nitrogens with one attached hydrogen (secondary N) is 1. The van der Waals surface area contributed by atoms with Crippen LogP contribution in [-0.2, 0) is 16.1 Å². The maximum atomic E-state index is 12.3. The number of carbonyl (C=O) groups is 1. The van der Waals surface area contributed by atoms with E-state index in [1.165, 1.54) is 0 Å². The molecule has 0 radical (unpaired) electrons. The first-order valence-corrected chi connectivity index (χ1v) is 8.32. The van der Waals surface area contributed by atoms with Crippen molar-refractivity contribution in [2.75, 3.05) is 12.1 Å². The summed E-state index contributed by atoms with van der Waals surface area (Å²) in [6, 6.07) is 3.89. The quantitative estimate of drug-likeness (QED) is 0.903. The normalized spacial score (nSPS) is 19.5. The summed E-state index contributed by atoms with van der Waals surface area (Å²) in [7, 11) is 0. The number of ether oxygens (including phenoxy) is 2. The van der Waals surface area contributed by atoms with Gasteiger partial charge >= 0.3 is 0 Å². The highest BCUT2D eigenvalue weighted by Gasteiger charge is 2.33. The summed E-state index contributed by atoms with van der Waals surface area (Å²) in [6.07, 6.45) is 2.17. The molecule has 0 aliphatic carbocycles. The van der Waals surface area contributed by atoms with Crippen LogP contribution < -0.4 is 10.1 Å².